The zero-order chi connectivity index (χ0) is 20.6. The number of amides is 1. The second-order valence-electron chi connectivity index (χ2n) is 6.60. The van der Waals surface area contributed by atoms with Gasteiger partial charge in [0.05, 0.1) is 18.3 Å². The van der Waals surface area contributed by atoms with E-state index in [1.807, 2.05) is 38.1 Å². The van der Waals surface area contributed by atoms with Crippen LogP contribution < -0.4 is 10.1 Å². The number of benzene rings is 2. The molecule has 29 heavy (non-hydrogen) atoms. The Morgan fingerprint density at radius 1 is 1.07 bits per heavy atom. The molecule has 7 nitrogen and oxygen atoms in total. The number of hydrogen-bond donors (Lipinski definition) is 1. The van der Waals surface area contributed by atoms with E-state index in [1.165, 1.54) is 6.33 Å². The summed E-state index contributed by atoms with van der Waals surface area (Å²) < 4.78 is 7.04. The molecular weight excluding hydrogens is 368 g/mol. The molecule has 0 bridgehead atoms. The Morgan fingerprint density at radius 2 is 1.79 bits per heavy atom. The maximum absolute atomic E-state index is 12.3. The van der Waals surface area contributed by atoms with Gasteiger partial charge in [0.2, 0.25) is 5.91 Å². The summed E-state index contributed by atoms with van der Waals surface area (Å²) in [5.74, 6) is 0.510. The first-order valence-electron chi connectivity index (χ1n) is 9.57. The second kappa shape index (κ2) is 9.64. The molecule has 2 aromatic carbocycles. The van der Waals surface area contributed by atoms with Crippen LogP contribution in [0.5, 0.6) is 5.75 Å². The third-order valence-corrected chi connectivity index (χ3v) is 4.52. The largest absolute Gasteiger partial charge is 0.494 e. The van der Waals surface area contributed by atoms with E-state index in [1.54, 1.807) is 35.3 Å². The molecule has 1 amide bonds. The maximum atomic E-state index is 12.3. The lowest BCUT2D eigenvalue weighted by Crippen LogP contribution is -2.27. The third-order valence-electron chi connectivity index (χ3n) is 4.52. The minimum absolute atomic E-state index is 0.0620. The first-order chi connectivity index (χ1) is 14.1. The molecular formula is C22H24N4O3. The van der Waals surface area contributed by atoms with Crippen LogP contribution in [0.3, 0.4) is 0 Å². The van der Waals surface area contributed by atoms with E-state index < -0.39 is 0 Å². The zero-order valence-corrected chi connectivity index (χ0v) is 16.5. The summed E-state index contributed by atoms with van der Waals surface area (Å²) >= 11 is 0. The number of aromatic nitrogens is 3. The highest BCUT2D eigenvalue weighted by Crippen LogP contribution is 2.16. The second-order valence-corrected chi connectivity index (χ2v) is 6.60. The highest BCUT2D eigenvalue weighted by Gasteiger charge is 2.13. The van der Waals surface area contributed by atoms with Gasteiger partial charge in [-0.2, -0.15) is 5.10 Å². The van der Waals surface area contributed by atoms with Gasteiger partial charge in [0.25, 0.3) is 0 Å². The van der Waals surface area contributed by atoms with Crippen molar-refractivity contribution in [1.29, 1.82) is 0 Å². The summed E-state index contributed by atoms with van der Waals surface area (Å²) in [7, 11) is 0. The molecule has 1 heterocycles. The zero-order valence-electron chi connectivity index (χ0n) is 16.5. The number of carbonyl (C=O) groups is 2. The summed E-state index contributed by atoms with van der Waals surface area (Å²) in [6, 6.07) is 14.5. The Balaban J connectivity index is 1.49. The number of Topliss-reactive ketones (excluding diaryl/α,β-unsaturated/α-hetero) is 1. The lowest BCUT2D eigenvalue weighted by molar-refractivity contribution is -0.121. The number of carbonyl (C=O) groups excluding carboxylic acids is 2. The lowest BCUT2D eigenvalue weighted by atomic mass is 10.1. The molecule has 3 rings (SSSR count). The minimum atomic E-state index is -0.159. The number of hydrogen-bond acceptors (Lipinski definition) is 5. The molecule has 0 radical (unpaired) electrons. The molecule has 3 aromatic rings. The van der Waals surface area contributed by atoms with Gasteiger partial charge in [-0.3, -0.25) is 9.59 Å². The fraction of sp³-hybridized carbons (Fsp3) is 0.273. The van der Waals surface area contributed by atoms with E-state index in [9.17, 15) is 9.59 Å². The highest BCUT2D eigenvalue weighted by molar-refractivity contribution is 5.98. The van der Waals surface area contributed by atoms with Crippen molar-refractivity contribution in [2.45, 2.75) is 32.7 Å². The Kier molecular flexibility index (Phi) is 6.73. The van der Waals surface area contributed by atoms with Crippen LogP contribution in [-0.2, 0) is 4.79 Å². The van der Waals surface area contributed by atoms with E-state index in [2.05, 4.69) is 15.4 Å². The summed E-state index contributed by atoms with van der Waals surface area (Å²) in [5.41, 5.74) is 2.45. The van der Waals surface area contributed by atoms with Crippen molar-refractivity contribution in [3.05, 3.63) is 72.3 Å². The smallest absolute Gasteiger partial charge is 0.220 e. The molecule has 7 heteroatoms. The third kappa shape index (κ3) is 5.51. The molecule has 0 saturated heterocycles. The van der Waals surface area contributed by atoms with Gasteiger partial charge < -0.3 is 10.1 Å². The van der Waals surface area contributed by atoms with Crippen LogP contribution in [0.4, 0.5) is 0 Å². The highest BCUT2D eigenvalue weighted by atomic mass is 16.5. The summed E-state index contributed by atoms with van der Waals surface area (Å²) in [5, 5.41) is 7.02. The Hall–Kier alpha value is -3.48. The number of rotatable bonds is 9. The van der Waals surface area contributed by atoms with Crippen molar-refractivity contribution in [3.63, 3.8) is 0 Å². The van der Waals surface area contributed by atoms with Gasteiger partial charge in [-0.15, -0.1) is 0 Å². The van der Waals surface area contributed by atoms with E-state index >= 15 is 0 Å². The number of ketones is 1. The SMILES string of the molecule is CCOc1ccc(C(=O)CCC(=O)NC(C)c2ccc(-n3cncn3)cc2)cc1. The predicted octanol–water partition coefficient (Wildman–Crippen LogP) is 3.51. The average molecular weight is 392 g/mol. The minimum Gasteiger partial charge on any atom is -0.494 e. The number of nitrogens with zero attached hydrogens (tertiary/aromatic N) is 3. The van der Waals surface area contributed by atoms with Gasteiger partial charge in [-0.05, 0) is 55.8 Å². The maximum Gasteiger partial charge on any atom is 0.220 e. The van der Waals surface area contributed by atoms with Crippen molar-refractivity contribution in [3.8, 4) is 11.4 Å². The average Bonchev–Trinajstić information content (AvgIpc) is 3.28. The molecule has 1 atom stereocenters. The Labute approximate surface area is 169 Å². The lowest BCUT2D eigenvalue weighted by Gasteiger charge is -2.15. The standard InChI is InChI=1S/C22H24N4O3/c1-3-29-20-10-6-18(7-11-20)21(27)12-13-22(28)25-16(2)17-4-8-19(9-5-17)26-15-23-14-24-26/h4-11,14-16H,3,12-13H2,1-2H3,(H,25,28). The van der Waals surface area contributed by atoms with Gasteiger partial charge in [0, 0.05) is 18.4 Å². The molecule has 0 aliphatic heterocycles. The van der Waals surface area contributed by atoms with Gasteiger partial charge in [0.15, 0.2) is 5.78 Å². The monoisotopic (exact) mass is 392 g/mol. The van der Waals surface area contributed by atoms with Crippen molar-refractivity contribution in [1.82, 2.24) is 20.1 Å². The first kappa shape index (κ1) is 20.3. The van der Waals surface area contributed by atoms with E-state index in [-0.39, 0.29) is 30.6 Å². The summed E-state index contributed by atoms with van der Waals surface area (Å²) in [6.07, 6.45) is 3.41. The van der Waals surface area contributed by atoms with Crippen molar-refractivity contribution in [2.24, 2.45) is 0 Å². The molecule has 0 saturated carbocycles. The van der Waals surface area contributed by atoms with Crippen molar-refractivity contribution >= 4 is 11.7 Å². The fourth-order valence-corrected chi connectivity index (χ4v) is 2.93. The van der Waals surface area contributed by atoms with Crippen LogP contribution in [0.1, 0.15) is 48.7 Å². The normalized spacial score (nSPS) is 11.7. The molecule has 150 valence electrons. The number of nitrogens with one attached hydrogen (secondary N) is 1. The molecule has 0 aliphatic rings. The summed E-state index contributed by atoms with van der Waals surface area (Å²) in [4.78, 5) is 28.5. The van der Waals surface area contributed by atoms with Crippen molar-refractivity contribution < 1.29 is 14.3 Å². The molecule has 1 aromatic heterocycles. The van der Waals surface area contributed by atoms with Gasteiger partial charge >= 0.3 is 0 Å². The summed E-state index contributed by atoms with van der Waals surface area (Å²) in [6.45, 7) is 4.40. The molecule has 0 aliphatic carbocycles. The number of ether oxygens (including phenoxy) is 1. The van der Waals surface area contributed by atoms with E-state index in [0.717, 1.165) is 17.0 Å². The van der Waals surface area contributed by atoms with Crippen LogP contribution >= 0.6 is 0 Å². The van der Waals surface area contributed by atoms with Gasteiger partial charge in [-0.1, -0.05) is 12.1 Å². The predicted molar refractivity (Wildman–Crippen MR) is 109 cm³/mol. The van der Waals surface area contributed by atoms with Crippen LogP contribution in [0, 0.1) is 0 Å². The Morgan fingerprint density at radius 3 is 2.41 bits per heavy atom. The quantitative estimate of drug-likeness (QED) is 0.563. The molecule has 0 spiro atoms. The first-order valence-corrected chi connectivity index (χ1v) is 9.57. The topological polar surface area (TPSA) is 86.1 Å². The van der Waals surface area contributed by atoms with Gasteiger partial charge in [0.1, 0.15) is 18.4 Å². The Bertz CT molecular complexity index is 935. The van der Waals surface area contributed by atoms with Crippen LogP contribution in [-0.4, -0.2) is 33.1 Å². The molecule has 1 unspecified atom stereocenters. The van der Waals surface area contributed by atoms with E-state index in [4.69, 9.17) is 4.74 Å². The van der Waals surface area contributed by atoms with Crippen LogP contribution in [0.2, 0.25) is 0 Å². The fourth-order valence-electron chi connectivity index (χ4n) is 2.93. The van der Waals surface area contributed by atoms with Crippen molar-refractivity contribution in [2.75, 3.05) is 6.61 Å². The van der Waals surface area contributed by atoms with Gasteiger partial charge in [-0.25, -0.2) is 9.67 Å². The molecule has 0 fully saturated rings. The van der Waals surface area contributed by atoms with Crippen LogP contribution in [0.15, 0.2) is 61.2 Å². The van der Waals surface area contributed by atoms with Crippen LogP contribution in [0.25, 0.3) is 5.69 Å². The van der Waals surface area contributed by atoms with E-state index in [0.29, 0.717) is 12.2 Å². The molecule has 1 N–H and O–H groups in total.